The highest BCUT2D eigenvalue weighted by Gasteiger charge is 2.18. The molecule has 0 saturated heterocycles. The molecule has 0 amide bonds. The predicted octanol–water partition coefficient (Wildman–Crippen LogP) is 3.05. The summed E-state index contributed by atoms with van der Waals surface area (Å²) in [7, 11) is -1.75. The molecule has 0 atom stereocenters. The lowest BCUT2D eigenvalue weighted by atomic mass is 10.2. The first-order valence-corrected chi connectivity index (χ1v) is 7.69. The molecule has 0 radical (unpaired) electrons. The number of sulfonamides is 1. The van der Waals surface area contributed by atoms with Crippen molar-refractivity contribution in [2.24, 2.45) is 0 Å². The Morgan fingerprint density at radius 2 is 1.83 bits per heavy atom. The predicted molar refractivity (Wildman–Crippen MR) is 74.9 cm³/mol. The molecule has 0 fully saturated rings. The second-order valence-corrected chi connectivity index (χ2v) is 6.26. The van der Waals surface area contributed by atoms with Crippen molar-refractivity contribution < 1.29 is 8.42 Å². The normalized spacial score (nSPS) is 12.4. The summed E-state index contributed by atoms with van der Waals surface area (Å²) in [6.45, 7) is 2.56. The van der Waals surface area contributed by atoms with Crippen LogP contribution in [-0.4, -0.2) is 26.3 Å². The number of allylic oxidation sites excluding steroid dienone is 1. The van der Waals surface area contributed by atoms with Crippen LogP contribution in [0.2, 0.25) is 0 Å². The first kappa shape index (κ1) is 14.9. The zero-order chi connectivity index (χ0) is 13.4. The molecule has 0 aliphatic carbocycles. The topological polar surface area (TPSA) is 37.4 Å². The minimum absolute atomic E-state index is 0.342. The van der Waals surface area contributed by atoms with E-state index in [4.69, 9.17) is 0 Å². The zero-order valence-electron chi connectivity index (χ0n) is 11.0. The van der Waals surface area contributed by atoms with Gasteiger partial charge in [0.15, 0.2) is 0 Å². The van der Waals surface area contributed by atoms with Crippen LogP contribution in [0.3, 0.4) is 0 Å². The number of rotatable bonds is 7. The van der Waals surface area contributed by atoms with Gasteiger partial charge < -0.3 is 0 Å². The summed E-state index contributed by atoms with van der Waals surface area (Å²) in [5.41, 5.74) is 0. The molecule has 0 heterocycles. The molecule has 0 unspecified atom stereocenters. The summed E-state index contributed by atoms with van der Waals surface area (Å²) in [6, 6.07) is 8.51. The number of hydrogen-bond donors (Lipinski definition) is 0. The van der Waals surface area contributed by atoms with Gasteiger partial charge in [0.2, 0.25) is 10.0 Å². The second-order valence-electron chi connectivity index (χ2n) is 4.21. The van der Waals surface area contributed by atoms with E-state index in [1.54, 1.807) is 31.3 Å². The van der Waals surface area contributed by atoms with E-state index in [2.05, 4.69) is 6.92 Å². The van der Waals surface area contributed by atoms with Crippen molar-refractivity contribution in [1.82, 2.24) is 4.31 Å². The maximum absolute atomic E-state index is 12.1. The Hall–Kier alpha value is -1.13. The van der Waals surface area contributed by atoms with E-state index in [-0.39, 0.29) is 0 Å². The standard InChI is InChI=1S/C14H21NO2S/c1-3-4-5-6-10-13-15(2)18(16,17)14-11-8-7-9-12-14/h6-12H,3-5,13H2,1-2H3/b10-6+. The Morgan fingerprint density at radius 3 is 2.44 bits per heavy atom. The molecule has 100 valence electrons. The molecule has 0 bridgehead atoms. The maximum Gasteiger partial charge on any atom is 0.243 e. The van der Waals surface area contributed by atoms with E-state index < -0.39 is 10.0 Å². The summed E-state index contributed by atoms with van der Waals surface area (Å²) in [6.07, 6.45) is 7.26. The molecular formula is C14H21NO2S. The van der Waals surface area contributed by atoms with Gasteiger partial charge >= 0.3 is 0 Å². The van der Waals surface area contributed by atoms with Crippen LogP contribution in [0.1, 0.15) is 26.2 Å². The van der Waals surface area contributed by atoms with Crippen molar-refractivity contribution >= 4 is 10.0 Å². The van der Waals surface area contributed by atoms with E-state index >= 15 is 0 Å². The van der Waals surface area contributed by atoms with Crippen LogP contribution in [0, 0.1) is 0 Å². The molecule has 3 nitrogen and oxygen atoms in total. The third-order valence-corrected chi connectivity index (χ3v) is 4.54. The average Bonchev–Trinajstić information content (AvgIpc) is 2.39. The monoisotopic (exact) mass is 267 g/mol. The molecule has 0 N–H and O–H groups in total. The Balaban J connectivity index is 2.61. The molecule has 0 aliphatic rings. The summed E-state index contributed by atoms with van der Waals surface area (Å²) in [4.78, 5) is 0.342. The molecule has 18 heavy (non-hydrogen) atoms. The van der Waals surface area contributed by atoms with Crippen LogP contribution in [-0.2, 0) is 10.0 Å². The number of unbranched alkanes of at least 4 members (excludes halogenated alkanes) is 2. The van der Waals surface area contributed by atoms with Gasteiger partial charge in [-0.15, -0.1) is 0 Å². The van der Waals surface area contributed by atoms with Gasteiger partial charge in [-0.3, -0.25) is 0 Å². The van der Waals surface area contributed by atoms with Crippen LogP contribution >= 0.6 is 0 Å². The molecule has 4 heteroatoms. The van der Waals surface area contributed by atoms with Gasteiger partial charge in [0.1, 0.15) is 0 Å². The van der Waals surface area contributed by atoms with Gasteiger partial charge in [-0.2, -0.15) is 4.31 Å². The maximum atomic E-state index is 12.1. The van der Waals surface area contributed by atoms with Crippen molar-refractivity contribution in [3.05, 3.63) is 42.5 Å². The number of nitrogens with zero attached hydrogens (tertiary/aromatic N) is 1. The Bertz CT molecular complexity index is 466. The van der Waals surface area contributed by atoms with Gasteiger partial charge in [-0.1, -0.05) is 50.1 Å². The van der Waals surface area contributed by atoms with E-state index in [1.165, 1.54) is 4.31 Å². The first-order chi connectivity index (χ1) is 8.59. The van der Waals surface area contributed by atoms with E-state index in [1.807, 2.05) is 18.2 Å². The van der Waals surface area contributed by atoms with Gasteiger partial charge in [0.05, 0.1) is 4.90 Å². The SMILES string of the molecule is CCCC/C=C/CN(C)S(=O)(=O)c1ccccc1. The van der Waals surface area contributed by atoms with Gasteiger partial charge in [-0.05, 0) is 18.6 Å². The molecule has 1 aromatic carbocycles. The first-order valence-electron chi connectivity index (χ1n) is 6.25. The third-order valence-electron chi connectivity index (χ3n) is 2.70. The third kappa shape index (κ3) is 4.27. The summed E-state index contributed by atoms with van der Waals surface area (Å²) >= 11 is 0. The van der Waals surface area contributed by atoms with Crippen LogP contribution in [0.15, 0.2) is 47.4 Å². The zero-order valence-corrected chi connectivity index (χ0v) is 11.9. The summed E-state index contributed by atoms with van der Waals surface area (Å²) < 4.78 is 25.7. The van der Waals surface area contributed by atoms with E-state index in [0.717, 1.165) is 19.3 Å². The van der Waals surface area contributed by atoms with Crippen LogP contribution in [0.25, 0.3) is 0 Å². The lowest BCUT2D eigenvalue weighted by Gasteiger charge is -2.15. The highest BCUT2D eigenvalue weighted by Crippen LogP contribution is 2.13. The van der Waals surface area contributed by atoms with Crippen molar-refractivity contribution in [3.63, 3.8) is 0 Å². The van der Waals surface area contributed by atoms with Gasteiger partial charge in [0.25, 0.3) is 0 Å². The number of hydrogen-bond acceptors (Lipinski definition) is 2. The fourth-order valence-corrected chi connectivity index (χ4v) is 2.68. The second kappa shape index (κ2) is 7.34. The quantitative estimate of drug-likeness (QED) is 0.562. The number of likely N-dealkylation sites (N-methyl/N-ethyl adjacent to an activating group) is 1. The fourth-order valence-electron chi connectivity index (χ4n) is 1.53. The van der Waals surface area contributed by atoms with Gasteiger partial charge in [-0.25, -0.2) is 8.42 Å². The average molecular weight is 267 g/mol. The fraction of sp³-hybridized carbons (Fsp3) is 0.429. The van der Waals surface area contributed by atoms with Crippen molar-refractivity contribution in [2.45, 2.75) is 31.1 Å². The van der Waals surface area contributed by atoms with Gasteiger partial charge in [0, 0.05) is 13.6 Å². The molecule has 0 aromatic heterocycles. The molecule has 0 spiro atoms. The van der Waals surface area contributed by atoms with Crippen molar-refractivity contribution in [1.29, 1.82) is 0 Å². The molecule has 0 aliphatic heterocycles. The van der Waals surface area contributed by atoms with Crippen LogP contribution in [0.4, 0.5) is 0 Å². The largest absolute Gasteiger partial charge is 0.243 e. The number of benzene rings is 1. The Morgan fingerprint density at radius 1 is 1.17 bits per heavy atom. The molecule has 1 aromatic rings. The lowest BCUT2D eigenvalue weighted by Crippen LogP contribution is -2.26. The minimum atomic E-state index is -3.35. The molecule has 1 rings (SSSR count). The molecular weight excluding hydrogens is 246 g/mol. The Kier molecular flexibility index (Phi) is 6.09. The highest BCUT2D eigenvalue weighted by atomic mass is 32.2. The minimum Gasteiger partial charge on any atom is -0.207 e. The summed E-state index contributed by atoms with van der Waals surface area (Å²) in [5, 5.41) is 0. The Labute approximate surface area is 110 Å². The highest BCUT2D eigenvalue weighted by molar-refractivity contribution is 7.89. The van der Waals surface area contributed by atoms with Crippen LogP contribution < -0.4 is 0 Å². The van der Waals surface area contributed by atoms with E-state index in [9.17, 15) is 8.42 Å². The van der Waals surface area contributed by atoms with E-state index in [0.29, 0.717) is 11.4 Å². The smallest absolute Gasteiger partial charge is 0.207 e. The molecule has 0 saturated carbocycles. The van der Waals surface area contributed by atoms with Crippen molar-refractivity contribution in [3.8, 4) is 0 Å². The van der Waals surface area contributed by atoms with Crippen LogP contribution in [0.5, 0.6) is 0 Å². The van der Waals surface area contributed by atoms with Crippen molar-refractivity contribution in [2.75, 3.05) is 13.6 Å². The lowest BCUT2D eigenvalue weighted by molar-refractivity contribution is 0.499. The summed E-state index contributed by atoms with van der Waals surface area (Å²) in [5.74, 6) is 0.